The molecule has 0 bridgehead atoms. The molecule has 2 N–H and O–H groups in total. The summed E-state index contributed by atoms with van der Waals surface area (Å²) in [6.45, 7) is -0.560. The molecule has 3 rings (SSSR count). The molecule has 0 saturated carbocycles. The molecule has 0 atom stereocenters. The lowest BCUT2D eigenvalue weighted by Crippen LogP contribution is -2.54. The van der Waals surface area contributed by atoms with E-state index >= 15 is 0 Å². The maximum atomic E-state index is 13.0. The van der Waals surface area contributed by atoms with Crippen LogP contribution in [0.2, 0.25) is 0 Å². The molecule has 0 aliphatic carbocycles. The fourth-order valence-electron chi connectivity index (χ4n) is 2.69. The van der Waals surface area contributed by atoms with Crippen molar-refractivity contribution in [1.82, 2.24) is 5.32 Å². The van der Waals surface area contributed by atoms with Gasteiger partial charge in [0.2, 0.25) is 0 Å². The SMILES string of the molecule is O=C(O)COc1ccc(/C=C2/C(=O)NC(=O)N(c3cccc(C(F)(F)F)c3)C2=O)cc1. The van der Waals surface area contributed by atoms with E-state index in [0.717, 1.165) is 24.3 Å². The van der Waals surface area contributed by atoms with Gasteiger partial charge in [0, 0.05) is 0 Å². The zero-order chi connectivity index (χ0) is 22.8. The van der Waals surface area contributed by atoms with Gasteiger partial charge in [-0.25, -0.2) is 14.5 Å². The highest BCUT2D eigenvalue weighted by molar-refractivity contribution is 6.39. The molecule has 0 radical (unpaired) electrons. The summed E-state index contributed by atoms with van der Waals surface area (Å²) < 4.78 is 43.9. The fourth-order valence-corrected chi connectivity index (χ4v) is 2.69. The minimum Gasteiger partial charge on any atom is -0.482 e. The molecule has 31 heavy (non-hydrogen) atoms. The monoisotopic (exact) mass is 434 g/mol. The molecule has 1 aliphatic heterocycles. The number of anilines is 1. The molecule has 4 amide bonds. The summed E-state index contributed by atoms with van der Waals surface area (Å²) in [5.41, 5.74) is -1.56. The molecule has 8 nitrogen and oxygen atoms in total. The third kappa shape index (κ3) is 4.89. The highest BCUT2D eigenvalue weighted by Crippen LogP contribution is 2.32. The van der Waals surface area contributed by atoms with Gasteiger partial charge < -0.3 is 9.84 Å². The number of urea groups is 1. The van der Waals surface area contributed by atoms with Crippen LogP contribution in [-0.2, 0) is 20.6 Å². The molecule has 1 saturated heterocycles. The van der Waals surface area contributed by atoms with Crippen molar-refractivity contribution in [3.05, 3.63) is 65.2 Å². The molecule has 11 heteroatoms. The molecule has 1 heterocycles. The Morgan fingerprint density at radius 2 is 1.77 bits per heavy atom. The lowest BCUT2D eigenvalue weighted by Gasteiger charge is -2.26. The number of carbonyl (C=O) groups excluding carboxylic acids is 3. The molecule has 2 aromatic rings. The number of amides is 4. The number of rotatable bonds is 5. The van der Waals surface area contributed by atoms with Crippen molar-refractivity contribution in [2.24, 2.45) is 0 Å². The van der Waals surface area contributed by atoms with Crippen LogP contribution in [0.3, 0.4) is 0 Å². The predicted octanol–water partition coefficient (Wildman–Crippen LogP) is 2.84. The first kappa shape index (κ1) is 21.6. The quantitative estimate of drug-likeness (QED) is 0.553. The summed E-state index contributed by atoms with van der Waals surface area (Å²) in [5.74, 6) is -3.05. The zero-order valence-electron chi connectivity index (χ0n) is 15.5. The number of halogens is 3. The molecular weight excluding hydrogens is 421 g/mol. The number of imide groups is 2. The minimum atomic E-state index is -4.69. The van der Waals surface area contributed by atoms with Gasteiger partial charge in [0.25, 0.3) is 11.8 Å². The molecule has 1 fully saturated rings. The Kier molecular flexibility index (Phi) is 5.77. The van der Waals surface area contributed by atoms with Crippen molar-refractivity contribution >= 4 is 35.6 Å². The molecule has 2 aromatic carbocycles. The third-order valence-electron chi connectivity index (χ3n) is 4.09. The van der Waals surface area contributed by atoms with E-state index in [2.05, 4.69) is 0 Å². The number of barbiturate groups is 1. The van der Waals surface area contributed by atoms with Crippen LogP contribution in [0, 0.1) is 0 Å². The maximum absolute atomic E-state index is 13.0. The van der Waals surface area contributed by atoms with Crippen molar-refractivity contribution in [1.29, 1.82) is 0 Å². The van der Waals surface area contributed by atoms with Gasteiger partial charge in [-0.2, -0.15) is 13.2 Å². The molecule has 0 spiro atoms. The van der Waals surface area contributed by atoms with Gasteiger partial charge in [0.05, 0.1) is 11.3 Å². The van der Waals surface area contributed by atoms with E-state index in [1.807, 2.05) is 5.32 Å². The molecule has 0 aromatic heterocycles. The maximum Gasteiger partial charge on any atom is 0.416 e. The second-order valence-corrected chi connectivity index (χ2v) is 6.26. The average molecular weight is 434 g/mol. The van der Waals surface area contributed by atoms with Gasteiger partial charge in [-0.1, -0.05) is 18.2 Å². The smallest absolute Gasteiger partial charge is 0.416 e. The second-order valence-electron chi connectivity index (χ2n) is 6.26. The largest absolute Gasteiger partial charge is 0.482 e. The Hall–Kier alpha value is -4.15. The zero-order valence-corrected chi connectivity index (χ0v) is 15.5. The van der Waals surface area contributed by atoms with Gasteiger partial charge >= 0.3 is 18.2 Å². The average Bonchev–Trinajstić information content (AvgIpc) is 2.70. The fraction of sp³-hybridized carbons (Fsp3) is 0.100. The summed E-state index contributed by atoms with van der Waals surface area (Å²) in [4.78, 5) is 48.0. The molecule has 0 unspecified atom stereocenters. The van der Waals surface area contributed by atoms with Crippen molar-refractivity contribution in [3.63, 3.8) is 0 Å². The first-order chi connectivity index (χ1) is 14.6. The van der Waals surface area contributed by atoms with Crippen LogP contribution < -0.4 is 15.0 Å². The summed E-state index contributed by atoms with van der Waals surface area (Å²) in [7, 11) is 0. The van der Waals surface area contributed by atoms with Crippen LogP contribution in [0.1, 0.15) is 11.1 Å². The lowest BCUT2D eigenvalue weighted by molar-refractivity contribution is -0.139. The van der Waals surface area contributed by atoms with Crippen LogP contribution in [-0.4, -0.2) is 35.5 Å². The van der Waals surface area contributed by atoms with E-state index in [0.29, 0.717) is 16.5 Å². The van der Waals surface area contributed by atoms with Crippen LogP contribution in [0.25, 0.3) is 6.08 Å². The Morgan fingerprint density at radius 1 is 1.10 bits per heavy atom. The predicted molar refractivity (Wildman–Crippen MR) is 100 cm³/mol. The Bertz CT molecular complexity index is 1090. The van der Waals surface area contributed by atoms with Crippen LogP contribution >= 0.6 is 0 Å². The summed E-state index contributed by atoms with van der Waals surface area (Å²) in [6, 6.07) is 8.05. The topological polar surface area (TPSA) is 113 Å². The van der Waals surface area contributed by atoms with Crippen molar-refractivity contribution in [2.45, 2.75) is 6.18 Å². The number of hydrogen-bond acceptors (Lipinski definition) is 5. The van der Waals surface area contributed by atoms with Gasteiger partial charge in [-0.05, 0) is 42.0 Å². The van der Waals surface area contributed by atoms with Gasteiger partial charge in [0.1, 0.15) is 11.3 Å². The summed E-state index contributed by atoms with van der Waals surface area (Å²) in [6.07, 6.45) is -3.55. The Labute approximate surface area is 172 Å². The van der Waals surface area contributed by atoms with Gasteiger partial charge in [-0.3, -0.25) is 14.9 Å². The first-order valence-corrected chi connectivity index (χ1v) is 8.59. The summed E-state index contributed by atoms with van der Waals surface area (Å²) in [5, 5.41) is 10.5. The number of hydrogen-bond donors (Lipinski definition) is 2. The number of alkyl halides is 3. The molecule has 160 valence electrons. The van der Waals surface area contributed by atoms with Crippen molar-refractivity contribution < 1.29 is 42.2 Å². The third-order valence-corrected chi connectivity index (χ3v) is 4.09. The van der Waals surface area contributed by atoms with Gasteiger partial charge in [-0.15, -0.1) is 0 Å². The number of carbonyl (C=O) groups is 4. The standard InChI is InChI=1S/C20H13F3N2O6/c21-20(22,23)12-2-1-3-13(9-12)25-18(29)15(17(28)24-19(25)30)8-11-4-6-14(7-5-11)31-10-16(26)27/h1-9H,10H2,(H,26,27)(H,24,28,30)/b15-8-. The van der Waals surface area contributed by atoms with Crippen molar-refractivity contribution in [2.75, 3.05) is 11.5 Å². The summed E-state index contributed by atoms with van der Waals surface area (Å²) >= 11 is 0. The van der Waals surface area contributed by atoms with E-state index in [9.17, 15) is 32.3 Å². The van der Waals surface area contributed by atoms with Gasteiger partial charge in [0.15, 0.2) is 6.61 Å². The highest BCUT2D eigenvalue weighted by atomic mass is 19.4. The van der Waals surface area contributed by atoms with Crippen molar-refractivity contribution in [3.8, 4) is 5.75 Å². The molecular formula is C20H13F3N2O6. The van der Waals surface area contributed by atoms with E-state index in [1.165, 1.54) is 24.3 Å². The number of benzene rings is 2. The van der Waals surface area contributed by atoms with E-state index in [4.69, 9.17) is 9.84 Å². The lowest BCUT2D eigenvalue weighted by atomic mass is 10.1. The normalized spacial score (nSPS) is 15.8. The number of ether oxygens (including phenoxy) is 1. The second kappa shape index (κ2) is 8.30. The number of nitrogens with zero attached hydrogens (tertiary/aromatic N) is 1. The Balaban J connectivity index is 1.90. The number of carboxylic acid groups (broad SMARTS) is 1. The van der Waals surface area contributed by atoms with E-state index in [-0.39, 0.29) is 11.4 Å². The Morgan fingerprint density at radius 3 is 2.39 bits per heavy atom. The number of nitrogens with one attached hydrogen (secondary N) is 1. The highest BCUT2D eigenvalue weighted by Gasteiger charge is 2.38. The van der Waals surface area contributed by atoms with Crippen LogP contribution in [0.5, 0.6) is 5.75 Å². The van der Waals surface area contributed by atoms with Crippen LogP contribution in [0.4, 0.5) is 23.7 Å². The van der Waals surface area contributed by atoms with E-state index < -0.39 is 47.7 Å². The number of carboxylic acids is 1. The van der Waals surface area contributed by atoms with Crippen LogP contribution in [0.15, 0.2) is 54.1 Å². The minimum absolute atomic E-state index is 0.227. The van der Waals surface area contributed by atoms with E-state index in [1.54, 1.807) is 0 Å². The first-order valence-electron chi connectivity index (χ1n) is 8.59. The molecule has 1 aliphatic rings. The number of aliphatic carboxylic acids is 1.